The Morgan fingerprint density at radius 2 is 1.85 bits per heavy atom. The minimum absolute atomic E-state index is 0.602. The lowest BCUT2D eigenvalue weighted by Gasteiger charge is -2.36. The number of alkyl halides is 1. The maximum Gasteiger partial charge on any atom is 0.0476 e. The summed E-state index contributed by atoms with van der Waals surface area (Å²) in [5.74, 6) is 0.602. The first-order valence-electron chi connectivity index (χ1n) is 7.37. The van der Waals surface area contributed by atoms with Gasteiger partial charge in [0.2, 0.25) is 0 Å². The first-order valence-corrected chi connectivity index (χ1v) is 7.91. The van der Waals surface area contributed by atoms with E-state index in [0.29, 0.717) is 5.88 Å². The fourth-order valence-electron chi connectivity index (χ4n) is 2.60. The molecule has 4 heteroatoms. The highest BCUT2D eigenvalue weighted by Crippen LogP contribution is 2.21. The molecule has 1 aliphatic rings. The van der Waals surface area contributed by atoms with Crippen molar-refractivity contribution in [2.24, 2.45) is 0 Å². The first kappa shape index (κ1) is 15.6. The zero-order valence-corrected chi connectivity index (χ0v) is 13.7. The minimum atomic E-state index is 0.602. The van der Waals surface area contributed by atoms with Gasteiger partial charge in [-0.3, -0.25) is 4.90 Å². The highest BCUT2D eigenvalue weighted by molar-refractivity contribution is 6.17. The average Bonchev–Trinajstić information content (AvgIpc) is 2.45. The molecule has 1 fully saturated rings. The van der Waals surface area contributed by atoms with Gasteiger partial charge in [-0.25, -0.2) is 0 Å². The van der Waals surface area contributed by atoms with Crippen molar-refractivity contribution in [1.29, 1.82) is 0 Å². The van der Waals surface area contributed by atoms with Crippen molar-refractivity contribution in [1.82, 2.24) is 9.80 Å². The molecule has 0 amide bonds. The highest BCUT2D eigenvalue weighted by Gasteiger charge is 2.17. The molecule has 0 bridgehead atoms. The molecule has 0 spiro atoms. The second-order valence-electron chi connectivity index (χ2n) is 5.88. The second-order valence-corrected chi connectivity index (χ2v) is 6.14. The van der Waals surface area contributed by atoms with Gasteiger partial charge in [-0.15, -0.1) is 11.6 Å². The lowest BCUT2D eigenvalue weighted by atomic mass is 10.1. The van der Waals surface area contributed by atoms with E-state index in [9.17, 15) is 0 Å². The largest absolute Gasteiger partial charge is 0.369 e. The Kier molecular flexibility index (Phi) is 5.70. The van der Waals surface area contributed by atoms with E-state index in [0.717, 1.165) is 32.7 Å². The van der Waals surface area contributed by atoms with Gasteiger partial charge in [0, 0.05) is 50.8 Å². The zero-order chi connectivity index (χ0) is 14.5. The lowest BCUT2D eigenvalue weighted by Crippen LogP contribution is -2.48. The molecule has 0 N–H and O–H groups in total. The SMILES string of the molecule is Cc1cc(N2CCN(CCN(C)C)CC2)ccc1CCl. The van der Waals surface area contributed by atoms with E-state index in [1.165, 1.54) is 23.4 Å². The highest BCUT2D eigenvalue weighted by atomic mass is 35.5. The second kappa shape index (κ2) is 7.30. The van der Waals surface area contributed by atoms with Crippen LogP contribution in [-0.2, 0) is 5.88 Å². The van der Waals surface area contributed by atoms with E-state index < -0.39 is 0 Å². The van der Waals surface area contributed by atoms with Crippen molar-refractivity contribution >= 4 is 17.3 Å². The molecular formula is C16H26ClN3. The monoisotopic (exact) mass is 295 g/mol. The Labute approximate surface area is 128 Å². The van der Waals surface area contributed by atoms with Crippen LogP contribution < -0.4 is 4.90 Å². The Morgan fingerprint density at radius 1 is 1.15 bits per heavy atom. The fraction of sp³-hybridized carbons (Fsp3) is 0.625. The predicted octanol–water partition coefficient (Wildman–Crippen LogP) is 2.42. The quantitative estimate of drug-likeness (QED) is 0.773. The van der Waals surface area contributed by atoms with E-state index in [2.05, 4.69) is 53.9 Å². The van der Waals surface area contributed by atoms with Crippen LogP contribution in [0.3, 0.4) is 0 Å². The Bertz CT molecular complexity index is 426. The summed E-state index contributed by atoms with van der Waals surface area (Å²) in [7, 11) is 4.27. The topological polar surface area (TPSA) is 9.72 Å². The van der Waals surface area contributed by atoms with Gasteiger partial charge in [-0.2, -0.15) is 0 Å². The van der Waals surface area contributed by atoms with Crippen molar-refractivity contribution in [2.45, 2.75) is 12.8 Å². The van der Waals surface area contributed by atoms with Crippen molar-refractivity contribution in [2.75, 3.05) is 58.3 Å². The maximum absolute atomic E-state index is 5.93. The summed E-state index contributed by atoms with van der Waals surface area (Å²) in [6.45, 7) is 9.01. The molecule has 1 aromatic carbocycles. The van der Waals surface area contributed by atoms with Crippen molar-refractivity contribution in [3.63, 3.8) is 0 Å². The molecule has 0 unspecified atom stereocenters. The summed E-state index contributed by atoms with van der Waals surface area (Å²) >= 11 is 5.93. The van der Waals surface area contributed by atoms with Gasteiger partial charge in [0.15, 0.2) is 0 Å². The summed E-state index contributed by atoms with van der Waals surface area (Å²) in [6, 6.07) is 6.64. The van der Waals surface area contributed by atoms with Crippen LogP contribution in [0.25, 0.3) is 0 Å². The van der Waals surface area contributed by atoms with E-state index in [1.807, 2.05) is 0 Å². The van der Waals surface area contributed by atoms with Crippen LogP contribution in [0.5, 0.6) is 0 Å². The Balaban J connectivity index is 1.88. The molecule has 1 saturated heterocycles. The third-order valence-electron chi connectivity index (χ3n) is 4.07. The van der Waals surface area contributed by atoms with E-state index in [1.54, 1.807) is 0 Å². The molecule has 0 aromatic heterocycles. The van der Waals surface area contributed by atoms with E-state index >= 15 is 0 Å². The molecular weight excluding hydrogens is 270 g/mol. The van der Waals surface area contributed by atoms with Gasteiger partial charge in [-0.05, 0) is 44.3 Å². The van der Waals surface area contributed by atoms with Gasteiger partial charge in [0.05, 0.1) is 0 Å². The van der Waals surface area contributed by atoms with Crippen molar-refractivity contribution < 1.29 is 0 Å². The summed E-state index contributed by atoms with van der Waals surface area (Å²) in [5, 5.41) is 0. The maximum atomic E-state index is 5.93. The molecule has 3 nitrogen and oxygen atoms in total. The van der Waals surface area contributed by atoms with E-state index in [4.69, 9.17) is 11.6 Å². The smallest absolute Gasteiger partial charge is 0.0476 e. The fourth-order valence-corrected chi connectivity index (χ4v) is 2.90. The standard InChI is InChI=1S/C16H26ClN3/c1-14-12-16(5-4-15(14)13-17)20-10-8-19(9-11-20)7-6-18(2)3/h4-5,12H,6-11,13H2,1-3H3. The van der Waals surface area contributed by atoms with Crippen LogP contribution in [-0.4, -0.2) is 63.2 Å². The number of likely N-dealkylation sites (N-methyl/N-ethyl adjacent to an activating group) is 1. The van der Waals surface area contributed by atoms with Crippen LogP contribution in [0.4, 0.5) is 5.69 Å². The van der Waals surface area contributed by atoms with Crippen molar-refractivity contribution in [3.8, 4) is 0 Å². The molecule has 1 heterocycles. The summed E-state index contributed by atoms with van der Waals surface area (Å²) in [6.07, 6.45) is 0. The van der Waals surface area contributed by atoms with Crippen LogP contribution in [0.2, 0.25) is 0 Å². The summed E-state index contributed by atoms with van der Waals surface area (Å²) in [5.41, 5.74) is 3.87. The van der Waals surface area contributed by atoms with Crippen LogP contribution >= 0.6 is 11.6 Å². The number of halogens is 1. The molecule has 1 aliphatic heterocycles. The minimum Gasteiger partial charge on any atom is -0.369 e. The normalized spacial score (nSPS) is 16.9. The van der Waals surface area contributed by atoms with Gasteiger partial charge < -0.3 is 9.80 Å². The summed E-state index contributed by atoms with van der Waals surface area (Å²) in [4.78, 5) is 7.29. The number of rotatable bonds is 5. The molecule has 2 rings (SSSR count). The van der Waals surface area contributed by atoms with Crippen LogP contribution in [0, 0.1) is 6.92 Å². The third-order valence-corrected chi connectivity index (χ3v) is 4.36. The number of hydrogen-bond acceptors (Lipinski definition) is 3. The number of aryl methyl sites for hydroxylation is 1. The first-order chi connectivity index (χ1) is 9.60. The van der Waals surface area contributed by atoms with Gasteiger partial charge >= 0.3 is 0 Å². The van der Waals surface area contributed by atoms with Gasteiger partial charge in [-0.1, -0.05) is 6.07 Å². The molecule has 112 valence electrons. The average molecular weight is 296 g/mol. The number of anilines is 1. The van der Waals surface area contributed by atoms with Gasteiger partial charge in [0.25, 0.3) is 0 Å². The lowest BCUT2D eigenvalue weighted by molar-refractivity contribution is 0.229. The molecule has 1 aromatic rings. The number of hydrogen-bond donors (Lipinski definition) is 0. The molecule has 20 heavy (non-hydrogen) atoms. The van der Waals surface area contributed by atoms with Gasteiger partial charge in [0.1, 0.15) is 0 Å². The molecule has 0 radical (unpaired) electrons. The Hall–Kier alpha value is -0.770. The van der Waals surface area contributed by atoms with Crippen molar-refractivity contribution in [3.05, 3.63) is 29.3 Å². The van der Waals surface area contributed by atoms with Crippen LogP contribution in [0.15, 0.2) is 18.2 Å². The Morgan fingerprint density at radius 3 is 2.40 bits per heavy atom. The molecule has 0 aliphatic carbocycles. The number of benzene rings is 1. The third kappa shape index (κ3) is 4.11. The van der Waals surface area contributed by atoms with E-state index in [-0.39, 0.29) is 0 Å². The zero-order valence-electron chi connectivity index (χ0n) is 12.9. The molecule has 0 atom stereocenters. The number of piperazine rings is 1. The summed E-state index contributed by atoms with van der Waals surface area (Å²) < 4.78 is 0. The van der Waals surface area contributed by atoms with Crippen LogP contribution in [0.1, 0.15) is 11.1 Å². The number of nitrogens with zero attached hydrogens (tertiary/aromatic N) is 3. The molecule has 0 saturated carbocycles. The predicted molar refractivity (Wildman–Crippen MR) is 87.9 cm³/mol.